The van der Waals surface area contributed by atoms with E-state index in [1.807, 2.05) is 0 Å². The van der Waals surface area contributed by atoms with Crippen molar-refractivity contribution in [2.75, 3.05) is 24.7 Å². The second kappa shape index (κ2) is 8.83. The summed E-state index contributed by atoms with van der Waals surface area (Å²) < 4.78 is 4.42. The molecule has 0 spiro atoms. The normalized spacial score (nSPS) is 9.73. The van der Waals surface area contributed by atoms with Gasteiger partial charge < -0.3 is 15.4 Å². The molecule has 0 aromatic heterocycles. The molecule has 1 aromatic carbocycles. The van der Waals surface area contributed by atoms with E-state index in [1.54, 1.807) is 18.2 Å². The van der Waals surface area contributed by atoms with Crippen LogP contribution >= 0.6 is 11.8 Å². The maximum Gasteiger partial charge on any atom is 0.325 e. The van der Waals surface area contributed by atoms with Crippen molar-refractivity contribution in [2.45, 2.75) is 6.92 Å². The number of rotatable bonds is 6. The largest absolute Gasteiger partial charge is 0.468 e. The van der Waals surface area contributed by atoms with E-state index in [0.29, 0.717) is 11.3 Å². The lowest BCUT2D eigenvalue weighted by atomic mass is 10.2. The average Bonchev–Trinajstić information content (AvgIpc) is 2.50. The van der Waals surface area contributed by atoms with Crippen LogP contribution in [0.5, 0.6) is 0 Å². The molecule has 0 aliphatic rings. The second-order valence-electron chi connectivity index (χ2n) is 4.17. The lowest BCUT2D eigenvalue weighted by molar-refractivity contribution is -0.139. The summed E-state index contributed by atoms with van der Waals surface area (Å²) in [4.78, 5) is 45.2. The first-order valence-corrected chi connectivity index (χ1v) is 7.29. The second-order valence-corrected chi connectivity index (χ2v) is 5.32. The Hall–Kier alpha value is -2.35. The first-order valence-electron chi connectivity index (χ1n) is 6.30. The molecular weight excluding hydrogens is 308 g/mol. The van der Waals surface area contributed by atoms with Crippen LogP contribution in [0.1, 0.15) is 17.3 Å². The number of esters is 1. The highest BCUT2D eigenvalue weighted by Crippen LogP contribution is 2.11. The molecule has 118 valence electrons. The van der Waals surface area contributed by atoms with Gasteiger partial charge in [0, 0.05) is 18.2 Å². The van der Waals surface area contributed by atoms with Gasteiger partial charge in [-0.1, -0.05) is 17.8 Å². The minimum absolute atomic E-state index is 0.00803. The van der Waals surface area contributed by atoms with Crippen molar-refractivity contribution in [3.05, 3.63) is 29.8 Å². The molecule has 2 amide bonds. The third kappa shape index (κ3) is 6.40. The molecule has 0 unspecified atom stereocenters. The summed E-state index contributed by atoms with van der Waals surface area (Å²) in [6, 6.07) is 6.24. The lowest BCUT2D eigenvalue weighted by Crippen LogP contribution is -2.30. The molecule has 0 aliphatic carbocycles. The number of thioether (sulfide) groups is 1. The molecule has 0 bridgehead atoms. The molecule has 2 N–H and O–H groups in total. The van der Waals surface area contributed by atoms with E-state index in [2.05, 4.69) is 15.4 Å². The minimum atomic E-state index is -0.556. The fourth-order valence-electron chi connectivity index (χ4n) is 1.43. The third-order valence-electron chi connectivity index (χ3n) is 2.44. The number of hydrogen-bond donors (Lipinski definition) is 2. The molecule has 7 nitrogen and oxygen atoms in total. The van der Waals surface area contributed by atoms with E-state index < -0.39 is 11.9 Å². The molecule has 0 heterocycles. The highest BCUT2D eigenvalue weighted by atomic mass is 32.2. The van der Waals surface area contributed by atoms with E-state index in [-0.39, 0.29) is 23.3 Å². The van der Waals surface area contributed by atoms with Crippen LogP contribution in [0.4, 0.5) is 5.69 Å². The first-order chi connectivity index (χ1) is 10.4. The SMILES string of the molecule is COC(=O)CNC(=O)c1cccc(NC(=O)CSC(C)=O)c1. The number of carbonyl (C=O) groups excluding carboxylic acids is 4. The monoisotopic (exact) mass is 324 g/mol. The van der Waals surface area contributed by atoms with Gasteiger partial charge in [0.2, 0.25) is 5.91 Å². The number of benzene rings is 1. The van der Waals surface area contributed by atoms with E-state index in [0.717, 1.165) is 11.8 Å². The van der Waals surface area contributed by atoms with Crippen LogP contribution in [0.15, 0.2) is 24.3 Å². The summed E-state index contributed by atoms with van der Waals surface area (Å²) in [5.74, 6) is -1.35. The Morgan fingerprint density at radius 1 is 1.23 bits per heavy atom. The molecule has 0 saturated carbocycles. The molecule has 0 fully saturated rings. The van der Waals surface area contributed by atoms with Crippen molar-refractivity contribution in [1.82, 2.24) is 5.32 Å². The van der Waals surface area contributed by atoms with Gasteiger partial charge in [-0.25, -0.2) is 0 Å². The summed E-state index contributed by atoms with van der Waals surface area (Å²) in [7, 11) is 1.23. The van der Waals surface area contributed by atoms with Gasteiger partial charge in [0.25, 0.3) is 5.91 Å². The van der Waals surface area contributed by atoms with Gasteiger partial charge in [-0.2, -0.15) is 0 Å². The molecular formula is C14H16N2O5S. The fraction of sp³-hybridized carbons (Fsp3) is 0.286. The van der Waals surface area contributed by atoms with E-state index in [9.17, 15) is 19.2 Å². The first kappa shape index (κ1) is 17.7. The molecule has 22 heavy (non-hydrogen) atoms. The number of methoxy groups -OCH3 is 1. The third-order valence-corrected chi connectivity index (χ3v) is 3.25. The van der Waals surface area contributed by atoms with Gasteiger partial charge in [0.15, 0.2) is 5.12 Å². The smallest absolute Gasteiger partial charge is 0.325 e. The molecule has 0 atom stereocenters. The van der Waals surface area contributed by atoms with Crippen LogP contribution in [0, 0.1) is 0 Å². The summed E-state index contributed by atoms with van der Waals surface area (Å²) in [5.41, 5.74) is 0.723. The predicted octanol–water partition coefficient (Wildman–Crippen LogP) is 0.808. The van der Waals surface area contributed by atoms with Crippen LogP contribution in [-0.4, -0.2) is 42.3 Å². The Morgan fingerprint density at radius 3 is 2.59 bits per heavy atom. The summed E-state index contributed by atoms with van der Waals surface area (Å²) >= 11 is 0.901. The zero-order valence-electron chi connectivity index (χ0n) is 12.2. The van der Waals surface area contributed by atoms with Crippen molar-refractivity contribution >= 4 is 40.3 Å². The van der Waals surface area contributed by atoms with Gasteiger partial charge in [0.1, 0.15) is 6.54 Å². The Kier molecular flexibility index (Phi) is 7.11. The van der Waals surface area contributed by atoms with Crippen molar-refractivity contribution in [1.29, 1.82) is 0 Å². The highest BCUT2D eigenvalue weighted by molar-refractivity contribution is 8.14. The van der Waals surface area contributed by atoms with Gasteiger partial charge in [-0.3, -0.25) is 19.2 Å². The number of hydrogen-bond acceptors (Lipinski definition) is 6. The van der Waals surface area contributed by atoms with Gasteiger partial charge in [-0.05, 0) is 18.2 Å². The topological polar surface area (TPSA) is 102 Å². The average molecular weight is 324 g/mol. The van der Waals surface area contributed by atoms with Crippen LogP contribution < -0.4 is 10.6 Å². The quantitative estimate of drug-likeness (QED) is 0.751. The summed E-state index contributed by atoms with van der Waals surface area (Å²) in [6.07, 6.45) is 0. The number of amides is 2. The molecule has 0 saturated heterocycles. The fourth-order valence-corrected chi connectivity index (χ4v) is 1.84. The standard InChI is InChI=1S/C14H16N2O5S/c1-9(17)22-8-12(18)16-11-5-3-4-10(6-11)14(20)15-7-13(19)21-2/h3-6H,7-8H2,1-2H3,(H,15,20)(H,16,18). The minimum Gasteiger partial charge on any atom is -0.468 e. The Labute approximate surface area is 131 Å². The molecule has 1 rings (SSSR count). The van der Waals surface area contributed by atoms with Crippen molar-refractivity contribution in [3.63, 3.8) is 0 Å². The Morgan fingerprint density at radius 2 is 1.95 bits per heavy atom. The van der Waals surface area contributed by atoms with Crippen molar-refractivity contribution in [2.24, 2.45) is 0 Å². The maximum atomic E-state index is 11.8. The zero-order chi connectivity index (χ0) is 16.5. The summed E-state index contributed by atoms with van der Waals surface area (Å²) in [5, 5.41) is 4.83. The van der Waals surface area contributed by atoms with Gasteiger partial charge in [0.05, 0.1) is 12.9 Å². The van der Waals surface area contributed by atoms with Crippen LogP contribution in [-0.2, 0) is 19.1 Å². The van der Waals surface area contributed by atoms with Crippen molar-refractivity contribution < 1.29 is 23.9 Å². The Balaban J connectivity index is 2.61. The number of anilines is 1. The summed E-state index contributed by atoms with van der Waals surface area (Å²) in [6.45, 7) is 1.14. The molecule has 8 heteroatoms. The van der Waals surface area contributed by atoms with E-state index in [1.165, 1.54) is 20.1 Å². The van der Waals surface area contributed by atoms with Crippen LogP contribution in [0.2, 0.25) is 0 Å². The molecule has 0 aliphatic heterocycles. The maximum absolute atomic E-state index is 11.8. The highest BCUT2D eigenvalue weighted by Gasteiger charge is 2.10. The van der Waals surface area contributed by atoms with E-state index >= 15 is 0 Å². The van der Waals surface area contributed by atoms with Crippen LogP contribution in [0.25, 0.3) is 0 Å². The lowest BCUT2D eigenvalue weighted by Gasteiger charge is -2.07. The van der Waals surface area contributed by atoms with Gasteiger partial charge in [-0.15, -0.1) is 0 Å². The Bertz CT molecular complexity index is 588. The zero-order valence-corrected chi connectivity index (χ0v) is 13.0. The number of nitrogens with one attached hydrogen (secondary N) is 2. The molecule has 1 aromatic rings. The van der Waals surface area contributed by atoms with E-state index in [4.69, 9.17) is 0 Å². The van der Waals surface area contributed by atoms with Crippen LogP contribution in [0.3, 0.4) is 0 Å². The van der Waals surface area contributed by atoms with Crippen molar-refractivity contribution in [3.8, 4) is 0 Å². The number of ether oxygens (including phenoxy) is 1. The van der Waals surface area contributed by atoms with Gasteiger partial charge >= 0.3 is 5.97 Å². The molecule has 0 radical (unpaired) electrons. The predicted molar refractivity (Wildman–Crippen MR) is 82.6 cm³/mol. The number of carbonyl (C=O) groups is 4.